The van der Waals surface area contributed by atoms with Crippen LogP contribution in [-0.4, -0.2) is 4.40 Å². The van der Waals surface area contributed by atoms with Crippen LogP contribution in [0.4, 0.5) is 0 Å². The first-order valence-corrected chi connectivity index (χ1v) is 12.7. The monoisotopic (exact) mass is 405 g/mol. The molecule has 2 aliphatic carbocycles. The zero-order valence-corrected chi connectivity index (χ0v) is 18.5. The lowest BCUT2D eigenvalue weighted by atomic mass is 9.91. The average Bonchev–Trinajstić information content (AvgIpc) is 3.23. The summed E-state index contributed by atoms with van der Waals surface area (Å²) >= 11 is 0. The number of nitrogens with zero attached hydrogens (tertiary/aromatic N) is 1. The number of para-hydroxylation sites is 1. The molecule has 2 aliphatic rings. The predicted molar refractivity (Wildman–Crippen MR) is 133 cm³/mol. The molecule has 0 fully saturated rings. The van der Waals surface area contributed by atoms with Gasteiger partial charge in [-0.05, 0) is 85.8 Å². The van der Waals surface area contributed by atoms with Crippen LogP contribution in [0.5, 0.6) is 0 Å². The van der Waals surface area contributed by atoms with E-state index >= 15 is 0 Å². The van der Waals surface area contributed by atoms with Crippen LogP contribution in [0.25, 0.3) is 38.1 Å². The maximum atomic E-state index is 2.67. The van der Waals surface area contributed by atoms with Crippen molar-refractivity contribution in [2.24, 2.45) is 0 Å². The minimum atomic E-state index is 1.24. The van der Waals surface area contributed by atoms with E-state index in [1.807, 2.05) is 0 Å². The Bertz CT molecular complexity index is 1430. The maximum absolute atomic E-state index is 2.67. The highest BCUT2D eigenvalue weighted by atomic mass is 14.9. The van der Waals surface area contributed by atoms with Crippen LogP contribution in [0.3, 0.4) is 0 Å². The van der Waals surface area contributed by atoms with Crippen LogP contribution in [0.2, 0.25) is 0 Å². The van der Waals surface area contributed by atoms with Gasteiger partial charge < -0.3 is 4.40 Å². The molecular weight excluding hydrogens is 374 g/mol. The van der Waals surface area contributed by atoms with Crippen molar-refractivity contribution >= 4 is 38.1 Å². The first-order chi connectivity index (χ1) is 15.4. The van der Waals surface area contributed by atoms with E-state index in [1.165, 1.54) is 110 Å². The molecule has 5 aromatic rings. The molecule has 31 heavy (non-hydrogen) atoms. The maximum Gasteiger partial charge on any atom is 0.0623 e. The second-order valence-corrected chi connectivity index (χ2v) is 10.1. The first-order valence-electron chi connectivity index (χ1n) is 12.7. The molecule has 0 radical (unpaired) electrons. The van der Waals surface area contributed by atoms with Crippen molar-refractivity contribution in [1.82, 2.24) is 4.40 Å². The van der Waals surface area contributed by atoms with Gasteiger partial charge in [0.2, 0.25) is 0 Å². The summed E-state index contributed by atoms with van der Waals surface area (Å²) < 4.78 is 2.67. The van der Waals surface area contributed by atoms with E-state index in [1.54, 1.807) is 27.6 Å². The molecule has 0 bridgehead atoms. The topological polar surface area (TPSA) is 4.41 Å². The normalized spacial score (nSPS) is 18.1. The summed E-state index contributed by atoms with van der Waals surface area (Å²) in [6, 6.07) is 16.8. The zero-order valence-electron chi connectivity index (χ0n) is 18.5. The van der Waals surface area contributed by atoms with Gasteiger partial charge in [0.1, 0.15) is 0 Å². The van der Waals surface area contributed by atoms with Crippen molar-refractivity contribution in [3.63, 3.8) is 0 Å². The van der Waals surface area contributed by atoms with Gasteiger partial charge in [-0.1, -0.05) is 56.0 Å². The smallest absolute Gasteiger partial charge is 0.0623 e. The van der Waals surface area contributed by atoms with Crippen LogP contribution in [0.1, 0.15) is 73.6 Å². The summed E-state index contributed by atoms with van der Waals surface area (Å²) in [6.45, 7) is 0. The number of aromatic nitrogens is 1. The number of hydrogen-bond acceptors (Lipinski definition) is 0. The van der Waals surface area contributed by atoms with E-state index in [2.05, 4.69) is 46.9 Å². The van der Waals surface area contributed by atoms with E-state index in [0.717, 1.165) is 0 Å². The number of fused-ring (bicyclic) bond motifs is 10. The third kappa shape index (κ3) is 2.56. The Morgan fingerprint density at radius 3 is 2.13 bits per heavy atom. The molecule has 0 saturated heterocycles. The number of hydrogen-bond donors (Lipinski definition) is 0. The molecule has 0 N–H and O–H groups in total. The molecule has 1 heteroatoms. The first kappa shape index (κ1) is 18.1. The van der Waals surface area contributed by atoms with Gasteiger partial charge >= 0.3 is 0 Å². The zero-order chi connectivity index (χ0) is 20.4. The van der Waals surface area contributed by atoms with E-state index in [-0.39, 0.29) is 0 Å². The lowest BCUT2D eigenvalue weighted by Gasteiger charge is -2.12. The van der Waals surface area contributed by atoms with Crippen LogP contribution in [-0.2, 0) is 25.7 Å². The summed E-state index contributed by atoms with van der Waals surface area (Å²) in [7, 11) is 0. The third-order valence-corrected chi connectivity index (χ3v) is 8.28. The number of aryl methyl sites for hydroxylation is 4. The van der Waals surface area contributed by atoms with Gasteiger partial charge in [-0.2, -0.15) is 0 Å². The highest BCUT2D eigenvalue weighted by Gasteiger charge is 2.24. The van der Waals surface area contributed by atoms with Gasteiger partial charge in [-0.25, -0.2) is 0 Å². The van der Waals surface area contributed by atoms with E-state index < -0.39 is 0 Å². The van der Waals surface area contributed by atoms with E-state index in [0.29, 0.717) is 0 Å². The molecule has 1 nitrogen and oxygen atoms in total. The largest absolute Gasteiger partial charge is 0.308 e. The second-order valence-electron chi connectivity index (χ2n) is 10.1. The van der Waals surface area contributed by atoms with Crippen molar-refractivity contribution in [1.29, 1.82) is 0 Å². The van der Waals surface area contributed by atoms with Gasteiger partial charge in [0.25, 0.3) is 0 Å². The van der Waals surface area contributed by atoms with Crippen molar-refractivity contribution in [2.75, 3.05) is 0 Å². The van der Waals surface area contributed by atoms with Gasteiger partial charge in [-0.15, -0.1) is 0 Å². The minimum Gasteiger partial charge on any atom is -0.308 e. The lowest BCUT2D eigenvalue weighted by molar-refractivity contribution is 0.629. The van der Waals surface area contributed by atoms with Gasteiger partial charge in [0, 0.05) is 21.5 Å². The molecule has 3 aromatic carbocycles. The quantitative estimate of drug-likeness (QED) is 0.229. The Labute approximate surface area is 184 Å². The average molecular weight is 406 g/mol. The van der Waals surface area contributed by atoms with Crippen molar-refractivity contribution in [3.05, 3.63) is 64.7 Å². The molecular formula is C30H31N. The fourth-order valence-electron chi connectivity index (χ4n) is 6.84. The molecule has 2 aromatic heterocycles. The summed E-state index contributed by atoms with van der Waals surface area (Å²) in [5, 5.41) is 6.05. The molecule has 156 valence electrons. The van der Waals surface area contributed by atoms with E-state index in [4.69, 9.17) is 0 Å². The molecule has 0 aliphatic heterocycles. The fraction of sp³-hybridized carbons (Fsp3) is 0.400. The number of benzene rings is 3. The van der Waals surface area contributed by atoms with Crippen molar-refractivity contribution in [3.8, 4) is 0 Å². The highest BCUT2D eigenvalue weighted by Crippen LogP contribution is 2.45. The Morgan fingerprint density at radius 2 is 1.23 bits per heavy atom. The standard InChI is InChI=1S/C30H31N/c1-2-5-12-21-19-26-24-18-17-20-11-6-4-8-14-23(20)29(24)31-27-16-10-9-15-25(27)28(30(26)31)22(21)13-7-3-1/h9-10,15-19H,1-8,11-14H2. The predicted octanol–water partition coefficient (Wildman–Crippen LogP) is 8.15. The van der Waals surface area contributed by atoms with Gasteiger partial charge in [0.15, 0.2) is 0 Å². The molecule has 0 amide bonds. The number of rotatable bonds is 0. The third-order valence-electron chi connectivity index (χ3n) is 8.28. The minimum absolute atomic E-state index is 1.24. The molecule has 7 rings (SSSR count). The van der Waals surface area contributed by atoms with Crippen LogP contribution >= 0.6 is 0 Å². The molecule has 0 unspecified atom stereocenters. The van der Waals surface area contributed by atoms with Crippen molar-refractivity contribution < 1.29 is 0 Å². The molecule has 2 heterocycles. The summed E-state index contributed by atoms with van der Waals surface area (Å²) in [4.78, 5) is 0. The molecule has 0 spiro atoms. The van der Waals surface area contributed by atoms with Crippen LogP contribution in [0, 0.1) is 0 Å². The Morgan fingerprint density at radius 1 is 0.516 bits per heavy atom. The van der Waals surface area contributed by atoms with E-state index in [9.17, 15) is 0 Å². The van der Waals surface area contributed by atoms with Gasteiger partial charge in [-0.3, -0.25) is 0 Å². The fourth-order valence-corrected chi connectivity index (χ4v) is 6.84. The van der Waals surface area contributed by atoms with Crippen LogP contribution < -0.4 is 0 Å². The van der Waals surface area contributed by atoms with Gasteiger partial charge in [0.05, 0.1) is 16.6 Å². The molecule has 0 saturated carbocycles. The highest BCUT2D eigenvalue weighted by molar-refractivity contribution is 6.25. The molecule has 0 atom stereocenters. The summed E-state index contributed by atoms with van der Waals surface area (Å²) in [5.74, 6) is 0. The van der Waals surface area contributed by atoms with Crippen LogP contribution in [0.15, 0.2) is 42.5 Å². The Balaban J connectivity index is 1.69. The van der Waals surface area contributed by atoms with Crippen molar-refractivity contribution in [2.45, 2.75) is 77.0 Å². The summed E-state index contributed by atoms with van der Waals surface area (Å²) in [5.41, 5.74) is 11.0. The Hall–Kier alpha value is -2.54. The lowest BCUT2D eigenvalue weighted by Crippen LogP contribution is -1.95. The summed E-state index contributed by atoms with van der Waals surface area (Å²) in [6.07, 6.45) is 15.9. The second kappa shape index (κ2) is 6.99. The SMILES string of the molecule is c1ccc2c(c1)c1c3c(cc4c5ccc6c(c5n2c41)CCCCC6)CCCCCCC3. The Kier molecular flexibility index (Phi) is 4.07.